The maximum Gasteiger partial charge on any atom is 0.266 e. The van der Waals surface area contributed by atoms with Crippen LogP contribution in [0.4, 0.5) is 0 Å². The highest BCUT2D eigenvalue weighted by Crippen LogP contribution is 2.26. The van der Waals surface area contributed by atoms with E-state index in [-0.39, 0.29) is 12.2 Å². The Morgan fingerprint density at radius 3 is 2.55 bits per heavy atom. The van der Waals surface area contributed by atoms with E-state index in [2.05, 4.69) is 10.3 Å². The number of nitrogens with zero attached hydrogens (tertiary/aromatic N) is 1. The summed E-state index contributed by atoms with van der Waals surface area (Å²) in [7, 11) is 0. The third-order valence-electron chi connectivity index (χ3n) is 4.20. The number of hydroxylamine groups is 1. The van der Waals surface area contributed by atoms with Crippen LogP contribution in [0.3, 0.4) is 0 Å². The number of carbonyl (C=O) groups excluding carboxylic acids is 2. The molecule has 0 radical (unpaired) electrons. The fourth-order valence-electron chi connectivity index (χ4n) is 2.65. The Kier molecular flexibility index (Phi) is 6.76. The number of hydrogen-bond donors (Lipinski definition) is 4. The molecule has 3 rings (SSSR count). The first-order valence-electron chi connectivity index (χ1n) is 8.66. The van der Waals surface area contributed by atoms with Crippen molar-refractivity contribution in [2.45, 2.75) is 19.4 Å². The van der Waals surface area contributed by atoms with Gasteiger partial charge in [0.15, 0.2) is 0 Å². The molecule has 0 spiro atoms. The van der Waals surface area contributed by atoms with E-state index in [1.807, 2.05) is 24.4 Å². The summed E-state index contributed by atoms with van der Waals surface area (Å²) >= 11 is 2.83. The van der Waals surface area contributed by atoms with Crippen LogP contribution in [0.1, 0.15) is 21.0 Å². The van der Waals surface area contributed by atoms with E-state index in [4.69, 9.17) is 5.21 Å². The number of carbonyl (C=O) groups is 2. The molecule has 0 saturated heterocycles. The van der Waals surface area contributed by atoms with Crippen molar-refractivity contribution in [3.8, 4) is 5.75 Å². The van der Waals surface area contributed by atoms with Gasteiger partial charge in [0, 0.05) is 11.3 Å². The molecule has 0 aliphatic heterocycles. The van der Waals surface area contributed by atoms with Crippen LogP contribution in [0.2, 0.25) is 0 Å². The van der Waals surface area contributed by atoms with Crippen molar-refractivity contribution in [3.63, 3.8) is 0 Å². The molecule has 29 heavy (non-hydrogen) atoms. The topological polar surface area (TPSA) is 112 Å². The molecule has 1 aromatic carbocycles. The number of hydrogen-bond acceptors (Lipinski definition) is 7. The first kappa shape index (κ1) is 20.7. The van der Waals surface area contributed by atoms with Crippen molar-refractivity contribution < 1.29 is 19.9 Å². The quantitative estimate of drug-likeness (QED) is 0.262. The van der Waals surface area contributed by atoms with Crippen LogP contribution in [-0.2, 0) is 16.0 Å². The maximum atomic E-state index is 13.1. The maximum absolute atomic E-state index is 13.1. The number of aromatic hydroxyl groups is 1. The third kappa shape index (κ3) is 5.29. The summed E-state index contributed by atoms with van der Waals surface area (Å²) in [5.74, 6) is -1.07. The zero-order valence-corrected chi connectivity index (χ0v) is 17.1. The zero-order chi connectivity index (χ0) is 20.8. The summed E-state index contributed by atoms with van der Waals surface area (Å²) in [6, 6.07) is 8.96. The summed E-state index contributed by atoms with van der Waals surface area (Å²) in [5, 5.41) is 23.1. The first-order valence-corrected chi connectivity index (χ1v) is 10.4. The Balaban J connectivity index is 1.87. The van der Waals surface area contributed by atoms with E-state index >= 15 is 0 Å². The minimum absolute atomic E-state index is 0.101. The van der Waals surface area contributed by atoms with Gasteiger partial charge in [-0.25, -0.2) is 10.5 Å². The van der Waals surface area contributed by atoms with Gasteiger partial charge < -0.3 is 10.4 Å². The van der Waals surface area contributed by atoms with Gasteiger partial charge >= 0.3 is 0 Å². The molecule has 9 heteroatoms. The second kappa shape index (κ2) is 9.46. The molecule has 2 heterocycles. The van der Waals surface area contributed by atoms with E-state index in [9.17, 15) is 14.7 Å². The first-order chi connectivity index (χ1) is 14.0. The van der Waals surface area contributed by atoms with Gasteiger partial charge in [0.1, 0.15) is 11.8 Å². The smallest absolute Gasteiger partial charge is 0.266 e. The fraction of sp³-hybridized carbons (Fsp3) is 0.150. The monoisotopic (exact) mass is 429 g/mol. The van der Waals surface area contributed by atoms with Gasteiger partial charge in [-0.05, 0) is 42.1 Å². The Hall–Kier alpha value is -3.01. The molecule has 0 bridgehead atoms. The molecule has 0 aliphatic rings. The predicted octanol–water partition coefficient (Wildman–Crippen LogP) is 2.99. The standard InChI is InChI=1S/C20H19N3O4S2/c1-12-18(29-11-21-12)10-15(17-3-2-8-28-17)19(25)22-16(20(26)23-27)9-13-4-6-14(24)7-5-13/h2-8,10-11,16,24,27H,9H2,1H3,(H,22,25)(H,23,26)/b15-10+. The number of rotatable bonds is 7. The molecule has 0 saturated carbocycles. The molecule has 3 aromatic rings. The molecule has 4 N–H and O–H groups in total. The minimum Gasteiger partial charge on any atom is -0.508 e. The van der Waals surface area contributed by atoms with Gasteiger partial charge in [-0.15, -0.1) is 22.7 Å². The van der Waals surface area contributed by atoms with E-state index in [0.29, 0.717) is 5.57 Å². The lowest BCUT2D eigenvalue weighted by Gasteiger charge is -2.18. The van der Waals surface area contributed by atoms with Crippen LogP contribution in [0, 0.1) is 6.92 Å². The highest BCUT2D eigenvalue weighted by molar-refractivity contribution is 7.12. The minimum atomic E-state index is -0.997. The van der Waals surface area contributed by atoms with Crippen LogP contribution in [0.25, 0.3) is 11.6 Å². The second-order valence-corrected chi connectivity index (χ2v) is 8.04. The number of thiophene rings is 1. The number of thiazole rings is 1. The summed E-state index contributed by atoms with van der Waals surface area (Å²) < 4.78 is 0. The van der Waals surface area contributed by atoms with Crippen molar-refractivity contribution in [1.29, 1.82) is 0 Å². The normalized spacial score (nSPS) is 12.4. The van der Waals surface area contributed by atoms with Crippen molar-refractivity contribution in [2.24, 2.45) is 0 Å². The highest BCUT2D eigenvalue weighted by atomic mass is 32.1. The number of nitrogens with one attached hydrogen (secondary N) is 2. The van der Waals surface area contributed by atoms with Crippen LogP contribution in [-0.4, -0.2) is 33.2 Å². The van der Waals surface area contributed by atoms with E-state index in [0.717, 1.165) is 21.0 Å². The number of aromatic nitrogens is 1. The van der Waals surface area contributed by atoms with Crippen molar-refractivity contribution >= 4 is 46.1 Å². The van der Waals surface area contributed by atoms with E-state index < -0.39 is 17.9 Å². The number of phenols is 1. The fourth-order valence-corrected chi connectivity index (χ4v) is 4.12. The Morgan fingerprint density at radius 1 is 1.21 bits per heavy atom. The molecule has 0 aliphatic carbocycles. The van der Waals surface area contributed by atoms with Crippen molar-refractivity contribution in [2.75, 3.05) is 0 Å². The summed E-state index contributed by atoms with van der Waals surface area (Å²) in [4.78, 5) is 31.0. The summed E-state index contributed by atoms with van der Waals surface area (Å²) in [6.07, 6.45) is 1.90. The average Bonchev–Trinajstić information content (AvgIpc) is 3.38. The number of aryl methyl sites for hydroxylation is 1. The lowest BCUT2D eigenvalue weighted by atomic mass is 10.0. The molecule has 1 atom stereocenters. The van der Waals surface area contributed by atoms with Crippen LogP contribution >= 0.6 is 22.7 Å². The zero-order valence-electron chi connectivity index (χ0n) is 15.5. The van der Waals surface area contributed by atoms with Gasteiger partial charge in [0.2, 0.25) is 0 Å². The van der Waals surface area contributed by atoms with Gasteiger partial charge in [-0.2, -0.15) is 0 Å². The third-order valence-corrected chi connectivity index (χ3v) is 5.98. The molecule has 2 aromatic heterocycles. The molecule has 7 nitrogen and oxygen atoms in total. The number of amides is 2. The van der Waals surface area contributed by atoms with Crippen molar-refractivity contribution in [1.82, 2.24) is 15.8 Å². The van der Waals surface area contributed by atoms with Gasteiger partial charge in [0.25, 0.3) is 11.8 Å². The summed E-state index contributed by atoms with van der Waals surface area (Å²) in [5.41, 5.74) is 5.25. The van der Waals surface area contributed by atoms with Gasteiger partial charge in [-0.3, -0.25) is 14.8 Å². The van der Waals surface area contributed by atoms with Crippen molar-refractivity contribution in [3.05, 3.63) is 68.3 Å². The predicted molar refractivity (Wildman–Crippen MR) is 113 cm³/mol. The second-order valence-electron chi connectivity index (χ2n) is 6.21. The molecule has 2 amide bonds. The lowest BCUT2D eigenvalue weighted by molar-refractivity contribution is -0.133. The molecule has 0 fully saturated rings. The van der Waals surface area contributed by atoms with Gasteiger partial charge in [-0.1, -0.05) is 18.2 Å². The van der Waals surface area contributed by atoms with Gasteiger partial charge in [0.05, 0.1) is 21.7 Å². The molecular weight excluding hydrogens is 410 g/mol. The Bertz CT molecular complexity index is 1010. The van der Waals surface area contributed by atoms with Crippen LogP contribution in [0.5, 0.6) is 5.75 Å². The van der Waals surface area contributed by atoms with Crippen LogP contribution < -0.4 is 10.8 Å². The summed E-state index contributed by atoms with van der Waals surface area (Å²) in [6.45, 7) is 1.86. The number of phenolic OH excluding ortho intramolecular Hbond substituents is 1. The lowest BCUT2D eigenvalue weighted by Crippen LogP contribution is -2.47. The average molecular weight is 430 g/mol. The van der Waals surface area contributed by atoms with E-state index in [1.165, 1.54) is 34.8 Å². The molecule has 150 valence electrons. The largest absolute Gasteiger partial charge is 0.508 e. The Morgan fingerprint density at radius 2 is 1.97 bits per heavy atom. The molecular formula is C20H19N3O4S2. The Labute approximate surface area is 175 Å². The molecule has 1 unspecified atom stereocenters. The van der Waals surface area contributed by atoms with E-state index in [1.54, 1.807) is 29.2 Å². The highest BCUT2D eigenvalue weighted by Gasteiger charge is 2.24. The SMILES string of the molecule is Cc1ncsc1/C=C(/C(=O)NC(Cc1ccc(O)cc1)C(=O)NO)c1cccs1. The van der Waals surface area contributed by atoms with Crippen LogP contribution in [0.15, 0.2) is 47.3 Å². The number of benzene rings is 1.